The molecule has 0 radical (unpaired) electrons. The first kappa shape index (κ1) is 14.9. The Kier molecular flexibility index (Phi) is 4.67. The first-order valence-corrected chi connectivity index (χ1v) is 6.76. The molecule has 0 spiro atoms. The van der Waals surface area contributed by atoms with Gasteiger partial charge in [0.2, 0.25) is 0 Å². The van der Waals surface area contributed by atoms with Crippen LogP contribution < -0.4 is 14.2 Å². The van der Waals surface area contributed by atoms with E-state index in [4.69, 9.17) is 25.8 Å². The first-order valence-electron chi connectivity index (χ1n) is 5.59. The average molecular weight is 360 g/mol. The fraction of sp³-hybridized carbons (Fsp3) is 0.231. The van der Waals surface area contributed by atoms with Crippen LogP contribution in [0.1, 0.15) is 0 Å². The van der Waals surface area contributed by atoms with Crippen molar-refractivity contribution in [3.8, 4) is 28.6 Å². The molecule has 7 heteroatoms. The average Bonchev–Trinajstić information content (AvgIpc) is 2.48. The molecule has 1 heterocycles. The molecule has 0 aliphatic carbocycles. The van der Waals surface area contributed by atoms with Crippen LogP contribution in [0.25, 0.3) is 11.4 Å². The predicted molar refractivity (Wildman–Crippen MR) is 79.8 cm³/mol. The zero-order valence-corrected chi connectivity index (χ0v) is 13.4. The fourth-order valence-corrected chi connectivity index (χ4v) is 2.00. The Morgan fingerprint density at radius 3 is 2.15 bits per heavy atom. The Labute approximate surface area is 130 Å². The van der Waals surface area contributed by atoms with E-state index >= 15 is 0 Å². The monoisotopic (exact) mass is 358 g/mol. The van der Waals surface area contributed by atoms with E-state index in [9.17, 15) is 0 Å². The number of aromatic nitrogens is 2. The van der Waals surface area contributed by atoms with Crippen LogP contribution in [-0.4, -0.2) is 31.3 Å². The predicted octanol–water partition coefficient (Wildman–Crippen LogP) is 3.59. The van der Waals surface area contributed by atoms with Crippen LogP contribution in [0, 0.1) is 0 Å². The molecule has 0 fully saturated rings. The lowest BCUT2D eigenvalue weighted by Crippen LogP contribution is -1.97. The summed E-state index contributed by atoms with van der Waals surface area (Å²) in [6, 6.07) is 3.46. The largest absolute Gasteiger partial charge is 0.496 e. The molecule has 1 aromatic carbocycles. The van der Waals surface area contributed by atoms with E-state index in [1.165, 1.54) is 0 Å². The molecule has 0 aliphatic rings. The van der Waals surface area contributed by atoms with Crippen molar-refractivity contribution >= 4 is 27.5 Å². The van der Waals surface area contributed by atoms with Gasteiger partial charge in [-0.25, -0.2) is 9.97 Å². The SMILES string of the molecule is COc1cc(OC)c(-c2ncc(Br)c(Cl)n2)cc1OC. The second kappa shape index (κ2) is 6.28. The highest BCUT2D eigenvalue weighted by molar-refractivity contribution is 9.10. The smallest absolute Gasteiger partial charge is 0.164 e. The van der Waals surface area contributed by atoms with Gasteiger partial charge >= 0.3 is 0 Å². The number of halogens is 2. The third kappa shape index (κ3) is 2.81. The molecular formula is C13H12BrClN2O3. The van der Waals surface area contributed by atoms with Crippen LogP contribution in [0.15, 0.2) is 22.8 Å². The number of ether oxygens (including phenoxy) is 3. The molecule has 106 valence electrons. The minimum absolute atomic E-state index is 0.326. The second-order valence-electron chi connectivity index (χ2n) is 3.74. The van der Waals surface area contributed by atoms with Crippen LogP contribution in [0.4, 0.5) is 0 Å². The van der Waals surface area contributed by atoms with Crippen LogP contribution in [-0.2, 0) is 0 Å². The van der Waals surface area contributed by atoms with Crippen molar-refractivity contribution in [1.82, 2.24) is 9.97 Å². The highest BCUT2D eigenvalue weighted by Gasteiger charge is 2.16. The molecule has 2 aromatic rings. The van der Waals surface area contributed by atoms with Crippen molar-refractivity contribution in [1.29, 1.82) is 0 Å². The van der Waals surface area contributed by atoms with Gasteiger partial charge in [-0.1, -0.05) is 11.6 Å². The normalized spacial score (nSPS) is 10.2. The van der Waals surface area contributed by atoms with Gasteiger partial charge in [-0.15, -0.1) is 0 Å². The number of hydrogen-bond acceptors (Lipinski definition) is 5. The molecule has 0 saturated carbocycles. The summed E-state index contributed by atoms with van der Waals surface area (Å²) >= 11 is 9.25. The Morgan fingerprint density at radius 1 is 1.00 bits per heavy atom. The maximum absolute atomic E-state index is 6.00. The highest BCUT2D eigenvalue weighted by atomic mass is 79.9. The number of nitrogens with zero attached hydrogens (tertiary/aromatic N) is 2. The van der Waals surface area contributed by atoms with Gasteiger partial charge in [0.15, 0.2) is 17.3 Å². The minimum Gasteiger partial charge on any atom is -0.496 e. The van der Waals surface area contributed by atoms with Crippen LogP contribution in [0.5, 0.6) is 17.2 Å². The molecule has 0 N–H and O–H groups in total. The lowest BCUT2D eigenvalue weighted by Gasteiger charge is -2.13. The van der Waals surface area contributed by atoms with E-state index < -0.39 is 0 Å². The molecule has 1 aromatic heterocycles. The van der Waals surface area contributed by atoms with Gasteiger partial charge in [-0.2, -0.15) is 0 Å². The quantitative estimate of drug-likeness (QED) is 0.781. The van der Waals surface area contributed by atoms with Crippen molar-refractivity contribution in [2.24, 2.45) is 0 Å². The van der Waals surface area contributed by atoms with E-state index in [-0.39, 0.29) is 0 Å². The zero-order chi connectivity index (χ0) is 14.7. The molecule has 20 heavy (non-hydrogen) atoms. The number of benzene rings is 1. The maximum Gasteiger partial charge on any atom is 0.164 e. The van der Waals surface area contributed by atoms with Crippen molar-refractivity contribution in [2.75, 3.05) is 21.3 Å². The minimum atomic E-state index is 0.326. The first-order chi connectivity index (χ1) is 9.60. The molecule has 0 bridgehead atoms. The Balaban J connectivity index is 2.62. The number of hydrogen-bond donors (Lipinski definition) is 0. The van der Waals surface area contributed by atoms with Crippen molar-refractivity contribution < 1.29 is 14.2 Å². The van der Waals surface area contributed by atoms with Gasteiger partial charge in [0.05, 0.1) is 31.4 Å². The van der Waals surface area contributed by atoms with Crippen molar-refractivity contribution in [2.45, 2.75) is 0 Å². The molecule has 0 amide bonds. The third-order valence-electron chi connectivity index (χ3n) is 2.65. The molecule has 0 aliphatic heterocycles. The molecular weight excluding hydrogens is 348 g/mol. The summed E-state index contributed by atoms with van der Waals surface area (Å²) in [7, 11) is 4.68. The maximum atomic E-state index is 6.00. The van der Waals surface area contributed by atoms with Crippen LogP contribution in [0.2, 0.25) is 5.15 Å². The summed E-state index contributed by atoms with van der Waals surface area (Å²) in [6.45, 7) is 0. The molecule has 2 rings (SSSR count). The summed E-state index contributed by atoms with van der Waals surface area (Å²) < 4.78 is 16.5. The number of rotatable bonds is 4. The van der Waals surface area contributed by atoms with Crippen molar-refractivity contribution in [3.05, 3.63) is 28.0 Å². The Bertz CT molecular complexity index is 637. The summed E-state index contributed by atoms with van der Waals surface area (Å²) in [5.41, 5.74) is 0.666. The van der Waals surface area contributed by atoms with Gasteiger partial charge in [0.1, 0.15) is 10.9 Å². The van der Waals surface area contributed by atoms with Gasteiger partial charge in [0, 0.05) is 12.3 Å². The van der Waals surface area contributed by atoms with Crippen LogP contribution in [0.3, 0.4) is 0 Å². The summed E-state index contributed by atoms with van der Waals surface area (Å²) in [5, 5.41) is 0.326. The van der Waals surface area contributed by atoms with E-state index in [0.717, 1.165) is 0 Å². The Morgan fingerprint density at radius 2 is 1.60 bits per heavy atom. The summed E-state index contributed by atoms with van der Waals surface area (Å²) in [5.74, 6) is 2.14. The van der Waals surface area contributed by atoms with E-state index in [0.29, 0.717) is 38.3 Å². The Hall–Kier alpha value is -1.53. The topological polar surface area (TPSA) is 53.5 Å². The molecule has 5 nitrogen and oxygen atoms in total. The fourth-order valence-electron chi connectivity index (χ4n) is 1.68. The van der Waals surface area contributed by atoms with Gasteiger partial charge in [-0.05, 0) is 22.0 Å². The van der Waals surface area contributed by atoms with Gasteiger partial charge in [-0.3, -0.25) is 0 Å². The van der Waals surface area contributed by atoms with E-state index in [1.807, 2.05) is 0 Å². The molecule has 0 atom stereocenters. The lowest BCUT2D eigenvalue weighted by atomic mass is 10.1. The van der Waals surface area contributed by atoms with Crippen molar-refractivity contribution in [3.63, 3.8) is 0 Å². The van der Waals surface area contributed by atoms with E-state index in [1.54, 1.807) is 39.7 Å². The van der Waals surface area contributed by atoms with Gasteiger partial charge < -0.3 is 14.2 Å². The van der Waals surface area contributed by atoms with E-state index in [2.05, 4.69) is 25.9 Å². The van der Waals surface area contributed by atoms with Crippen LogP contribution >= 0.6 is 27.5 Å². The molecule has 0 saturated heterocycles. The molecule has 0 unspecified atom stereocenters. The summed E-state index contributed by atoms with van der Waals surface area (Å²) in [4.78, 5) is 8.44. The second-order valence-corrected chi connectivity index (χ2v) is 4.95. The lowest BCUT2D eigenvalue weighted by molar-refractivity contribution is 0.349. The van der Waals surface area contributed by atoms with Gasteiger partial charge in [0.25, 0.3) is 0 Å². The number of methoxy groups -OCH3 is 3. The standard InChI is InChI=1S/C13H12BrClN2O3/c1-18-9-5-11(20-3)10(19-2)4-7(9)13-16-6-8(14)12(15)17-13/h4-6H,1-3H3. The summed E-state index contributed by atoms with van der Waals surface area (Å²) in [6.07, 6.45) is 1.58. The zero-order valence-electron chi connectivity index (χ0n) is 11.1. The highest BCUT2D eigenvalue weighted by Crippen LogP contribution is 2.39. The third-order valence-corrected chi connectivity index (χ3v) is 3.74.